The standard InChI is InChI=1S/C6H7N4/c1-9-2-3-10-6(9)4-7-5-8-10/h2-5H,1H3/q+1. The van der Waals surface area contributed by atoms with E-state index in [1.165, 1.54) is 6.33 Å². The van der Waals surface area contributed by atoms with Gasteiger partial charge in [-0.05, 0) is 0 Å². The van der Waals surface area contributed by atoms with E-state index in [0.717, 1.165) is 5.65 Å². The normalized spacial score (nSPS) is 10.5. The predicted octanol–water partition coefficient (Wildman–Crippen LogP) is -0.446. The molecule has 0 aromatic carbocycles. The van der Waals surface area contributed by atoms with E-state index >= 15 is 0 Å². The van der Waals surface area contributed by atoms with E-state index in [4.69, 9.17) is 0 Å². The maximum absolute atomic E-state index is 3.99. The van der Waals surface area contributed by atoms with Gasteiger partial charge in [-0.3, -0.25) is 0 Å². The minimum atomic E-state index is 0.988. The highest BCUT2D eigenvalue weighted by Gasteiger charge is 2.03. The molecule has 0 fully saturated rings. The summed E-state index contributed by atoms with van der Waals surface area (Å²) in [4.78, 5) is 3.89. The number of aryl methyl sites for hydroxylation is 1. The van der Waals surface area contributed by atoms with Crippen molar-refractivity contribution in [2.24, 2.45) is 7.05 Å². The van der Waals surface area contributed by atoms with E-state index < -0.39 is 0 Å². The third kappa shape index (κ3) is 0.586. The van der Waals surface area contributed by atoms with Crippen molar-refractivity contribution in [3.05, 3.63) is 24.9 Å². The van der Waals surface area contributed by atoms with Gasteiger partial charge in [0.1, 0.15) is 12.4 Å². The van der Waals surface area contributed by atoms with Crippen molar-refractivity contribution in [2.75, 3.05) is 0 Å². The minimum absolute atomic E-state index is 0.988. The molecule has 0 saturated heterocycles. The first-order valence-electron chi connectivity index (χ1n) is 3.01. The molecule has 10 heavy (non-hydrogen) atoms. The van der Waals surface area contributed by atoms with E-state index in [2.05, 4.69) is 10.1 Å². The highest BCUT2D eigenvalue weighted by atomic mass is 15.3. The molecule has 50 valence electrons. The van der Waals surface area contributed by atoms with Crippen molar-refractivity contribution in [3.8, 4) is 0 Å². The second kappa shape index (κ2) is 1.76. The van der Waals surface area contributed by atoms with Gasteiger partial charge in [-0.2, -0.15) is 0 Å². The number of hydrogen-bond donors (Lipinski definition) is 0. The van der Waals surface area contributed by atoms with Gasteiger partial charge in [0.25, 0.3) is 0 Å². The van der Waals surface area contributed by atoms with Crippen molar-refractivity contribution in [1.82, 2.24) is 14.6 Å². The molecular weight excluding hydrogens is 128 g/mol. The van der Waals surface area contributed by atoms with Crippen LogP contribution in [-0.2, 0) is 7.05 Å². The summed E-state index contributed by atoms with van der Waals surface area (Å²) in [6, 6.07) is 0. The number of rotatable bonds is 0. The Morgan fingerprint density at radius 3 is 3.30 bits per heavy atom. The fraction of sp³-hybridized carbons (Fsp3) is 0.167. The van der Waals surface area contributed by atoms with Gasteiger partial charge < -0.3 is 0 Å². The van der Waals surface area contributed by atoms with E-state index in [9.17, 15) is 0 Å². The van der Waals surface area contributed by atoms with Crippen molar-refractivity contribution < 1.29 is 4.57 Å². The predicted molar refractivity (Wildman–Crippen MR) is 34.2 cm³/mol. The smallest absolute Gasteiger partial charge is 0.232 e. The van der Waals surface area contributed by atoms with Crippen LogP contribution in [-0.4, -0.2) is 14.6 Å². The molecule has 0 N–H and O–H groups in total. The molecule has 2 heterocycles. The van der Waals surface area contributed by atoms with Crippen LogP contribution in [0.5, 0.6) is 0 Å². The van der Waals surface area contributed by atoms with Gasteiger partial charge in [0.2, 0.25) is 0 Å². The van der Waals surface area contributed by atoms with E-state index in [-0.39, 0.29) is 0 Å². The van der Waals surface area contributed by atoms with Crippen LogP contribution < -0.4 is 4.57 Å². The van der Waals surface area contributed by atoms with Crippen LogP contribution in [0, 0.1) is 0 Å². The SMILES string of the molecule is C[n+]1ccn2ncncc21. The Labute approximate surface area is 57.8 Å². The van der Waals surface area contributed by atoms with Gasteiger partial charge in [-0.15, -0.1) is 0 Å². The van der Waals surface area contributed by atoms with Crippen LogP contribution >= 0.6 is 0 Å². The van der Waals surface area contributed by atoms with E-state index in [0.29, 0.717) is 0 Å². The third-order valence-corrected chi connectivity index (χ3v) is 1.46. The first kappa shape index (κ1) is 5.34. The van der Waals surface area contributed by atoms with E-state index in [1.54, 1.807) is 10.7 Å². The lowest BCUT2D eigenvalue weighted by Gasteiger charge is -1.82. The van der Waals surface area contributed by atoms with Gasteiger partial charge >= 0.3 is 5.65 Å². The first-order chi connectivity index (χ1) is 4.88. The number of imidazole rings is 1. The summed E-state index contributed by atoms with van der Waals surface area (Å²) < 4.78 is 3.73. The van der Waals surface area contributed by atoms with Gasteiger partial charge in [0.15, 0.2) is 12.5 Å². The highest BCUT2D eigenvalue weighted by Crippen LogP contribution is 1.88. The molecule has 2 rings (SSSR count). The van der Waals surface area contributed by atoms with Gasteiger partial charge in [-0.25, -0.2) is 9.55 Å². The molecule has 0 unspecified atom stereocenters. The topological polar surface area (TPSA) is 34.1 Å². The molecule has 0 saturated carbocycles. The zero-order valence-electron chi connectivity index (χ0n) is 5.60. The zero-order valence-corrected chi connectivity index (χ0v) is 5.60. The van der Waals surface area contributed by atoms with E-state index in [1.807, 2.05) is 24.0 Å². The summed E-state index contributed by atoms with van der Waals surface area (Å²) in [5.41, 5.74) is 0.988. The lowest BCUT2D eigenvalue weighted by Crippen LogP contribution is -2.25. The number of aromatic nitrogens is 4. The Balaban J connectivity index is 2.93. The van der Waals surface area contributed by atoms with Crippen LogP contribution in [0.2, 0.25) is 0 Å². The largest absolute Gasteiger partial charge is 0.325 e. The van der Waals surface area contributed by atoms with Crippen LogP contribution in [0.15, 0.2) is 24.9 Å². The summed E-state index contributed by atoms with van der Waals surface area (Å²) in [6.07, 6.45) is 7.11. The molecule has 0 amide bonds. The fourth-order valence-electron chi connectivity index (χ4n) is 0.911. The Hall–Kier alpha value is -1.45. The zero-order chi connectivity index (χ0) is 6.97. The average molecular weight is 135 g/mol. The van der Waals surface area contributed by atoms with Gasteiger partial charge in [0, 0.05) is 0 Å². The molecule has 0 aliphatic rings. The minimum Gasteiger partial charge on any atom is -0.232 e. The van der Waals surface area contributed by atoms with Gasteiger partial charge in [0.05, 0.1) is 7.05 Å². The Morgan fingerprint density at radius 1 is 1.60 bits per heavy atom. The number of nitrogens with zero attached hydrogens (tertiary/aromatic N) is 4. The summed E-state index contributed by atoms with van der Waals surface area (Å²) in [5, 5.41) is 3.99. The molecule has 0 aliphatic heterocycles. The molecule has 4 heteroatoms. The molecule has 2 aromatic heterocycles. The molecule has 2 aromatic rings. The monoisotopic (exact) mass is 135 g/mol. The van der Waals surface area contributed by atoms with Gasteiger partial charge in [-0.1, -0.05) is 9.61 Å². The lowest BCUT2D eigenvalue weighted by atomic mass is 10.8. The average Bonchev–Trinajstić information content (AvgIpc) is 2.34. The highest BCUT2D eigenvalue weighted by molar-refractivity contribution is 5.23. The van der Waals surface area contributed by atoms with Crippen LogP contribution in [0.4, 0.5) is 0 Å². The molecule has 0 bridgehead atoms. The van der Waals surface area contributed by atoms with Crippen molar-refractivity contribution >= 4 is 5.65 Å². The molecule has 0 radical (unpaired) electrons. The quantitative estimate of drug-likeness (QED) is 0.459. The molecule has 0 aliphatic carbocycles. The fourth-order valence-corrected chi connectivity index (χ4v) is 0.911. The Morgan fingerprint density at radius 2 is 2.50 bits per heavy atom. The van der Waals surface area contributed by atoms with Crippen LogP contribution in [0.3, 0.4) is 0 Å². The van der Waals surface area contributed by atoms with Crippen molar-refractivity contribution in [2.45, 2.75) is 0 Å². The van der Waals surface area contributed by atoms with Crippen molar-refractivity contribution in [1.29, 1.82) is 0 Å². The lowest BCUT2D eigenvalue weighted by molar-refractivity contribution is -0.644. The summed E-state index contributed by atoms with van der Waals surface area (Å²) in [7, 11) is 1.96. The maximum atomic E-state index is 3.99. The Kier molecular flexibility index (Phi) is 0.943. The van der Waals surface area contributed by atoms with Crippen LogP contribution in [0.1, 0.15) is 0 Å². The summed E-state index contributed by atoms with van der Waals surface area (Å²) in [5.74, 6) is 0. The number of hydrogen-bond acceptors (Lipinski definition) is 2. The Bertz CT molecular complexity index is 351. The summed E-state index contributed by atoms with van der Waals surface area (Å²) in [6.45, 7) is 0. The second-order valence-corrected chi connectivity index (χ2v) is 2.12. The van der Waals surface area contributed by atoms with Crippen LogP contribution in [0.25, 0.3) is 5.65 Å². The molecule has 0 atom stereocenters. The summed E-state index contributed by atoms with van der Waals surface area (Å²) >= 11 is 0. The second-order valence-electron chi connectivity index (χ2n) is 2.12. The third-order valence-electron chi connectivity index (χ3n) is 1.46. The maximum Gasteiger partial charge on any atom is 0.325 e. The first-order valence-corrected chi connectivity index (χ1v) is 3.01. The molecule has 0 spiro atoms. The number of fused-ring (bicyclic) bond motifs is 1. The molecule has 4 nitrogen and oxygen atoms in total. The van der Waals surface area contributed by atoms with Crippen molar-refractivity contribution in [3.63, 3.8) is 0 Å². The molecular formula is C6H7N4+.